The molecule has 0 atom stereocenters. The van der Waals surface area contributed by atoms with Gasteiger partial charge in [0.25, 0.3) is 0 Å². The Labute approximate surface area is 111 Å². The van der Waals surface area contributed by atoms with Gasteiger partial charge in [-0.3, -0.25) is 10.1 Å². The van der Waals surface area contributed by atoms with E-state index in [1.165, 1.54) is 6.33 Å². The van der Waals surface area contributed by atoms with Gasteiger partial charge >= 0.3 is 5.69 Å². The lowest BCUT2D eigenvalue weighted by Crippen LogP contribution is -2.30. The number of nitrogen functional groups attached to an aromatic ring is 1. The van der Waals surface area contributed by atoms with Crippen molar-refractivity contribution in [2.45, 2.75) is 45.6 Å². The van der Waals surface area contributed by atoms with Crippen molar-refractivity contribution in [1.29, 1.82) is 0 Å². The molecule has 0 spiro atoms. The molecule has 0 aromatic carbocycles. The smallest absolute Gasteiger partial charge is 0.352 e. The third-order valence-electron chi connectivity index (χ3n) is 3.71. The van der Waals surface area contributed by atoms with Crippen LogP contribution in [0, 0.1) is 15.5 Å². The minimum absolute atomic E-state index is 0.0985. The maximum absolute atomic E-state index is 11.0. The van der Waals surface area contributed by atoms with Crippen LogP contribution < -0.4 is 11.1 Å². The van der Waals surface area contributed by atoms with Gasteiger partial charge in [-0.2, -0.15) is 0 Å². The van der Waals surface area contributed by atoms with Crippen LogP contribution >= 0.6 is 0 Å². The molecule has 0 unspecified atom stereocenters. The number of rotatable bonds is 3. The summed E-state index contributed by atoms with van der Waals surface area (Å²) in [6.45, 7) is 4.49. The summed E-state index contributed by atoms with van der Waals surface area (Å²) in [6.07, 6.45) is 5.40. The highest BCUT2D eigenvalue weighted by molar-refractivity contribution is 5.67. The van der Waals surface area contributed by atoms with E-state index >= 15 is 0 Å². The first-order valence-corrected chi connectivity index (χ1v) is 6.40. The lowest BCUT2D eigenvalue weighted by Gasteiger charge is -2.34. The molecule has 2 rings (SSSR count). The van der Waals surface area contributed by atoms with Gasteiger partial charge in [0.05, 0.1) is 4.92 Å². The molecule has 19 heavy (non-hydrogen) atoms. The second kappa shape index (κ2) is 4.99. The topological polar surface area (TPSA) is 107 Å². The molecule has 7 heteroatoms. The molecule has 1 heterocycles. The van der Waals surface area contributed by atoms with E-state index in [0.29, 0.717) is 5.41 Å². The molecule has 0 aliphatic heterocycles. The number of nitrogens with zero attached hydrogens (tertiary/aromatic N) is 3. The molecule has 1 aromatic heterocycles. The van der Waals surface area contributed by atoms with Crippen LogP contribution in [0.4, 0.5) is 17.3 Å². The third-order valence-corrected chi connectivity index (χ3v) is 3.71. The third kappa shape index (κ3) is 3.10. The van der Waals surface area contributed by atoms with Crippen LogP contribution in [0.5, 0.6) is 0 Å². The maximum atomic E-state index is 11.0. The van der Waals surface area contributed by atoms with Crippen LogP contribution in [-0.4, -0.2) is 20.9 Å². The standard InChI is InChI=1S/C12H19N5O2/c1-12(2)5-3-8(4-6-12)16-11-9(17(18)19)10(13)14-7-15-11/h7-8H,3-6H2,1-2H3,(H3,13,14,15,16). The molecular weight excluding hydrogens is 246 g/mol. The Kier molecular flexibility index (Phi) is 3.55. The molecule has 0 amide bonds. The summed E-state index contributed by atoms with van der Waals surface area (Å²) in [6, 6.07) is 0.209. The Morgan fingerprint density at radius 2 is 2.05 bits per heavy atom. The Morgan fingerprint density at radius 3 is 2.63 bits per heavy atom. The fourth-order valence-electron chi connectivity index (χ4n) is 2.41. The summed E-state index contributed by atoms with van der Waals surface area (Å²) in [5, 5.41) is 14.1. The van der Waals surface area contributed by atoms with Crippen LogP contribution in [0.2, 0.25) is 0 Å². The fourth-order valence-corrected chi connectivity index (χ4v) is 2.41. The van der Waals surface area contributed by atoms with Crippen molar-refractivity contribution in [3.8, 4) is 0 Å². The number of nitrogens with two attached hydrogens (primary N) is 1. The van der Waals surface area contributed by atoms with E-state index in [1.54, 1.807) is 0 Å². The lowest BCUT2D eigenvalue weighted by atomic mass is 9.75. The van der Waals surface area contributed by atoms with Gasteiger partial charge in [-0.05, 0) is 31.1 Å². The Morgan fingerprint density at radius 1 is 1.42 bits per heavy atom. The average molecular weight is 265 g/mol. The minimum atomic E-state index is -0.537. The van der Waals surface area contributed by atoms with E-state index in [0.717, 1.165) is 25.7 Å². The van der Waals surface area contributed by atoms with E-state index in [-0.39, 0.29) is 23.4 Å². The van der Waals surface area contributed by atoms with Gasteiger partial charge in [0.1, 0.15) is 6.33 Å². The van der Waals surface area contributed by atoms with Crippen molar-refractivity contribution in [1.82, 2.24) is 9.97 Å². The van der Waals surface area contributed by atoms with E-state index in [4.69, 9.17) is 5.73 Å². The predicted molar refractivity (Wildman–Crippen MR) is 72.8 cm³/mol. The summed E-state index contributed by atoms with van der Waals surface area (Å²) in [5.41, 5.74) is 5.66. The van der Waals surface area contributed by atoms with E-state index in [1.807, 2.05) is 0 Å². The lowest BCUT2D eigenvalue weighted by molar-refractivity contribution is -0.383. The first-order chi connectivity index (χ1) is 8.89. The zero-order chi connectivity index (χ0) is 14.0. The number of hydrogen-bond acceptors (Lipinski definition) is 6. The number of hydrogen-bond donors (Lipinski definition) is 2. The van der Waals surface area contributed by atoms with Crippen LogP contribution in [0.25, 0.3) is 0 Å². The highest BCUT2D eigenvalue weighted by Crippen LogP contribution is 2.37. The van der Waals surface area contributed by atoms with Gasteiger partial charge in [0, 0.05) is 6.04 Å². The van der Waals surface area contributed by atoms with Gasteiger partial charge in [-0.25, -0.2) is 9.97 Å². The molecule has 1 aromatic rings. The Balaban J connectivity index is 2.12. The van der Waals surface area contributed by atoms with Gasteiger partial charge < -0.3 is 11.1 Å². The number of aromatic nitrogens is 2. The summed E-state index contributed by atoms with van der Waals surface area (Å²) >= 11 is 0. The van der Waals surface area contributed by atoms with Crippen LogP contribution in [0.3, 0.4) is 0 Å². The first kappa shape index (κ1) is 13.5. The number of nitrogens with one attached hydrogen (secondary N) is 1. The quantitative estimate of drug-likeness (QED) is 0.641. The molecule has 0 saturated heterocycles. The Hall–Kier alpha value is -1.92. The highest BCUT2D eigenvalue weighted by Gasteiger charge is 2.29. The van der Waals surface area contributed by atoms with Crippen molar-refractivity contribution in [3.63, 3.8) is 0 Å². The van der Waals surface area contributed by atoms with Crippen molar-refractivity contribution in [2.75, 3.05) is 11.1 Å². The molecule has 1 aliphatic rings. The SMILES string of the molecule is CC1(C)CCC(Nc2ncnc(N)c2[N+](=O)[O-])CC1. The molecule has 0 bridgehead atoms. The summed E-state index contributed by atoms with van der Waals surface area (Å²) in [4.78, 5) is 18.1. The monoisotopic (exact) mass is 265 g/mol. The normalized spacial score (nSPS) is 19.1. The van der Waals surface area contributed by atoms with Gasteiger partial charge in [-0.15, -0.1) is 0 Å². The molecule has 1 fully saturated rings. The average Bonchev–Trinajstić information content (AvgIpc) is 2.31. The molecule has 104 valence electrons. The van der Waals surface area contributed by atoms with Crippen molar-refractivity contribution in [2.24, 2.45) is 5.41 Å². The van der Waals surface area contributed by atoms with E-state index < -0.39 is 4.92 Å². The number of nitro groups is 1. The Bertz CT molecular complexity index is 479. The number of anilines is 2. The van der Waals surface area contributed by atoms with Gasteiger partial charge in [0.2, 0.25) is 11.6 Å². The molecule has 1 saturated carbocycles. The fraction of sp³-hybridized carbons (Fsp3) is 0.667. The summed E-state index contributed by atoms with van der Waals surface area (Å²) in [5.74, 6) is 0.126. The van der Waals surface area contributed by atoms with Crippen molar-refractivity contribution < 1.29 is 4.92 Å². The van der Waals surface area contributed by atoms with Gasteiger partial charge in [0.15, 0.2) is 0 Å². The zero-order valence-corrected chi connectivity index (χ0v) is 11.2. The molecule has 7 nitrogen and oxygen atoms in total. The molecule has 1 aliphatic carbocycles. The van der Waals surface area contributed by atoms with Crippen LogP contribution in [0.1, 0.15) is 39.5 Å². The van der Waals surface area contributed by atoms with E-state index in [2.05, 4.69) is 29.1 Å². The van der Waals surface area contributed by atoms with Crippen LogP contribution in [-0.2, 0) is 0 Å². The van der Waals surface area contributed by atoms with Crippen molar-refractivity contribution >= 4 is 17.3 Å². The highest BCUT2D eigenvalue weighted by atomic mass is 16.6. The first-order valence-electron chi connectivity index (χ1n) is 6.40. The minimum Gasteiger partial charge on any atom is -0.378 e. The second-order valence-corrected chi connectivity index (χ2v) is 5.80. The van der Waals surface area contributed by atoms with Crippen LogP contribution in [0.15, 0.2) is 6.33 Å². The summed E-state index contributed by atoms with van der Waals surface area (Å²) < 4.78 is 0. The van der Waals surface area contributed by atoms with E-state index in [9.17, 15) is 10.1 Å². The second-order valence-electron chi connectivity index (χ2n) is 5.80. The predicted octanol–water partition coefficient (Wildman–Crippen LogP) is 2.35. The molecular formula is C12H19N5O2. The maximum Gasteiger partial charge on any atom is 0.352 e. The molecule has 0 radical (unpaired) electrons. The largest absolute Gasteiger partial charge is 0.378 e. The summed E-state index contributed by atoms with van der Waals surface area (Å²) in [7, 11) is 0. The van der Waals surface area contributed by atoms with Crippen molar-refractivity contribution in [3.05, 3.63) is 16.4 Å². The van der Waals surface area contributed by atoms with Gasteiger partial charge in [-0.1, -0.05) is 13.8 Å². The molecule has 3 N–H and O–H groups in total. The zero-order valence-electron chi connectivity index (χ0n) is 11.2.